The van der Waals surface area contributed by atoms with Crippen LogP contribution in [0.2, 0.25) is 10.0 Å². The molecule has 0 bridgehead atoms. The molecule has 2 rings (SSSR count). The van der Waals surface area contributed by atoms with Gasteiger partial charge in [-0.25, -0.2) is 4.98 Å². The molecule has 0 saturated heterocycles. The second-order valence-electron chi connectivity index (χ2n) is 3.31. The molecule has 0 aliphatic rings. The van der Waals surface area contributed by atoms with Crippen LogP contribution in [0.1, 0.15) is 5.56 Å². The topological polar surface area (TPSA) is 24.9 Å². The lowest BCUT2D eigenvalue weighted by Gasteiger charge is -2.06. The van der Waals surface area contributed by atoms with Crippen LogP contribution in [0.3, 0.4) is 0 Å². The van der Waals surface area contributed by atoms with Crippen molar-refractivity contribution < 1.29 is 0 Å². The summed E-state index contributed by atoms with van der Waals surface area (Å²) in [7, 11) is 0. The number of rotatable bonds is 3. The van der Waals surface area contributed by atoms with Crippen molar-refractivity contribution in [3.05, 3.63) is 58.2 Å². The highest BCUT2D eigenvalue weighted by atomic mass is 35.5. The second kappa shape index (κ2) is 5.19. The van der Waals surface area contributed by atoms with Gasteiger partial charge < -0.3 is 5.32 Å². The first-order chi connectivity index (χ1) is 7.75. The van der Waals surface area contributed by atoms with Crippen molar-refractivity contribution in [2.75, 3.05) is 5.32 Å². The normalized spacial score (nSPS) is 10.1. The van der Waals surface area contributed by atoms with E-state index in [1.54, 1.807) is 18.3 Å². The van der Waals surface area contributed by atoms with Crippen LogP contribution in [0.15, 0.2) is 42.6 Å². The molecule has 1 aromatic heterocycles. The maximum Gasteiger partial charge on any atom is 0.145 e. The Kier molecular flexibility index (Phi) is 3.65. The Morgan fingerprint density at radius 2 is 1.81 bits per heavy atom. The van der Waals surface area contributed by atoms with Crippen LogP contribution in [-0.2, 0) is 6.54 Å². The highest BCUT2D eigenvalue weighted by molar-refractivity contribution is 6.32. The summed E-state index contributed by atoms with van der Waals surface area (Å²) in [5, 5.41) is 4.52. The Balaban J connectivity index is 2.02. The van der Waals surface area contributed by atoms with E-state index in [1.165, 1.54) is 0 Å². The molecule has 0 spiro atoms. The molecular weight excluding hydrogens is 243 g/mol. The lowest BCUT2D eigenvalue weighted by molar-refractivity contribution is 1.11. The fraction of sp³-hybridized carbons (Fsp3) is 0.0833. The number of anilines is 1. The Morgan fingerprint density at radius 3 is 2.50 bits per heavy atom. The van der Waals surface area contributed by atoms with Gasteiger partial charge in [-0.1, -0.05) is 35.3 Å². The van der Waals surface area contributed by atoms with Crippen LogP contribution in [-0.4, -0.2) is 4.98 Å². The van der Waals surface area contributed by atoms with Crippen molar-refractivity contribution >= 4 is 29.0 Å². The summed E-state index contributed by atoms with van der Waals surface area (Å²) < 4.78 is 0. The minimum Gasteiger partial charge on any atom is -0.365 e. The average Bonchev–Trinajstić information content (AvgIpc) is 2.30. The van der Waals surface area contributed by atoms with Gasteiger partial charge in [-0.15, -0.1) is 0 Å². The molecule has 1 N–H and O–H groups in total. The zero-order valence-corrected chi connectivity index (χ0v) is 9.96. The van der Waals surface area contributed by atoms with E-state index in [-0.39, 0.29) is 0 Å². The highest BCUT2D eigenvalue weighted by Gasteiger charge is 1.99. The van der Waals surface area contributed by atoms with Crippen LogP contribution in [0, 0.1) is 0 Å². The van der Waals surface area contributed by atoms with E-state index in [2.05, 4.69) is 10.3 Å². The number of pyridine rings is 1. The summed E-state index contributed by atoms with van der Waals surface area (Å²) in [6.07, 6.45) is 1.70. The molecular formula is C12H10Cl2N2. The van der Waals surface area contributed by atoms with E-state index in [4.69, 9.17) is 23.2 Å². The maximum atomic E-state index is 5.97. The number of benzene rings is 1. The summed E-state index contributed by atoms with van der Waals surface area (Å²) in [6, 6.07) is 11.3. The zero-order chi connectivity index (χ0) is 11.4. The third kappa shape index (κ3) is 2.87. The van der Waals surface area contributed by atoms with Crippen LogP contribution in [0.5, 0.6) is 0 Å². The molecule has 0 aliphatic carbocycles. The molecule has 0 saturated carbocycles. The Labute approximate surface area is 104 Å². The standard InChI is InChI=1S/C12H10Cl2N2/c13-10-5-3-9(4-6-10)8-16-12-11(14)2-1-7-15-12/h1-7H,8H2,(H,15,16). The number of hydrogen-bond donors (Lipinski definition) is 1. The van der Waals surface area contributed by atoms with Crippen LogP contribution in [0.25, 0.3) is 0 Å². The van der Waals surface area contributed by atoms with Crippen molar-refractivity contribution in [3.63, 3.8) is 0 Å². The number of nitrogens with one attached hydrogen (secondary N) is 1. The Morgan fingerprint density at radius 1 is 1.06 bits per heavy atom. The quantitative estimate of drug-likeness (QED) is 0.894. The van der Waals surface area contributed by atoms with Gasteiger partial charge in [-0.3, -0.25) is 0 Å². The molecule has 0 atom stereocenters. The van der Waals surface area contributed by atoms with Crippen molar-refractivity contribution in [3.8, 4) is 0 Å². The van der Waals surface area contributed by atoms with E-state index in [0.29, 0.717) is 17.4 Å². The van der Waals surface area contributed by atoms with Crippen molar-refractivity contribution in [2.45, 2.75) is 6.54 Å². The van der Waals surface area contributed by atoms with E-state index >= 15 is 0 Å². The number of nitrogens with zero attached hydrogens (tertiary/aromatic N) is 1. The van der Waals surface area contributed by atoms with Crippen LogP contribution in [0.4, 0.5) is 5.82 Å². The molecule has 0 amide bonds. The van der Waals surface area contributed by atoms with E-state index in [1.807, 2.05) is 24.3 Å². The smallest absolute Gasteiger partial charge is 0.145 e. The molecule has 0 fully saturated rings. The van der Waals surface area contributed by atoms with Crippen molar-refractivity contribution in [1.82, 2.24) is 4.98 Å². The summed E-state index contributed by atoms with van der Waals surface area (Å²) >= 11 is 11.8. The van der Waals surface area contributed by atoms with E-state index in [0.717, 1.165) is 10.6 Å². The molecule has 2 aromatic rings. The van der Waals surface area contributed by atoms with Crippen LogP contribution < -0.4 is 5.32 Å². The molecule has 0 aliphatic heterocycles. The number of aromatic nitrogens is 1. The first-order valence-electron chi connectivity index (χ1n) is 4.84. The lowest BCUT2D eigenvalue weighted by Crippen LogP contribution is -2.01. The van der Waals surface area contributed by atoms with Gasteiger partial charge in [0.05, 0.1) is 5.02 Å². The SMILES string of the molecule is Clc1ccc(CNc2ncccc2Cl)cc1. The van der Waals surface area contributed by atoms with Crippen molar-refractivity contribution in [1.29, 1.82) is 0 Å². The van der Waals surface area contributed by atoms with Gasteiger partial charge in [-0.2, -0.15) is 0 Å². The molecule has 0 radical (unpaired) electrons. The Hall–Kier alpha value is -1.25. The molecule has 4 heteroatoms. The molecule has 1 heterocycles. The second-order valence-corrected chi connectivity index (χ2v) is 4.16. The van der Waals surface area contributed by atoms with Crippen LogP contribution >= 0.6 is 23.2 Å². The van der Waals surface area contributed by atoms with Gasteiger partial charge in [0.25, 0.3) is 0 Å². The molecule has 1 aromatic carbocycles. The molecule has 16 heavy (non-hydrogen) atoms. The van der Waals surface area contributed by atoms with E-state index in [9.17, 15) is 0 Å². The monoisotopic (exact) mass is 252 g/mol. The van der Waals surface area contributed by atoms with Gasteiger partial charge in [0.1, 0.15) is 5.82 Å². The van der Waals surface area contributed by atoms with Gasteiger partial charge in [0.2, 0.25) is 0 Å². The fourth-order valence-corrected chi connectivity index (χ4v) is 1.62. The predicted octanol–water partition coefficient (Wildman–Crippen LogP) is 4.00. The lowest BCUT2D eigenvalue weighted by atomic mass is 10.2. The van der Waals surface area contributed by atoms with Crippen molar-refractivity contribution in [2.24, 2.45) is 0 Å². The first-order valence-corrected chi connectivity index (χ1v) is 5.60. The highest BCUT2D eigenvalue weighted by Crippen LogP contribution is 2.18. The molecule has 0 unspecified atom stereocenters. The first kappa shape index (κ1) is 11.2. The fourth-order valence-electron chi connectivity index (χ4n) is 1.30. The number of halogens is 2. The summed E-state index contributed by atoms with van der Waals surface area (Å²) in [5.41, 5.74) is 1.13. The van der Waals surface area contributed by atoms with Gasteiger partial charge in [0, 0.05) is 17.8 Å². The maximum absolute atomic E-state index is 5.97. The minimum atomic E-state index is 0.622. The largest absolute Gasteiger partial charge is 0.365 e. The predicted molar refractivity (Wildman–Crippen MR) is 68.0 cm³/mol. The van der Waals surface area contributed by atoms with Gasteiger partial charge in [-0.05, 0) is 29.8 Å². The zero-order valence-electron chi connectivity index (χ0n) is 8.45. The average molecular weight is 253 g/mol. The summed E-state index contributed by atoms with van der Waals surface area (Å²) in [6.45, 7) is 0.675. The summed E-state index contributed by atoms with van der Waals surface area (Å²) in [4.78, 5) is 4.14. The summed E-state index contributed by atoms with van der Waals surface area (Å²) in [5.74, 6) is 0.694. The molecule has 82 valence electrons. The third-order valence-corrected chi connectivity index (χ3v) is 2.69. The van der Waals surface area contributed by atoms with E-state index < -0.39 is 0 Å². The minimum absolute atomic E-state index is 0.622. The van der Waals surface area contributed by atoms with Gasteiger partial charge in [0.15, 0.2) is 0 Å². The Bertz CT molecular complexity index is 469. The third-order valence-electron chi connectivity index (χ3n) is 2.13. The van der Waals surface area contributed by atoms with Gasteiger partial charge >= 0.3 is 0 Å². The number of hydrogen-bond acceptors (Lipinski definition) is 2. The molecule has 2 nitrogen and oxygen atoms in total.